The van der Waals surface area contributed by atoms with Crippen molar-refractivity contribution in [1.29, 1.82) is 0 Å². The van der Waals surface area contributed by atoms with Gasteiger partial charge in [-0.2, -0.15) is 5.32 Å². The van der Waals surface area contributed by atoms with E-state index in [0.29, 0.717) is 0 Å². The summed E-state index contributed by atoms with van der Waals surface area (Å²) in [7, 11) is 0. The minimum Gasteiger partial charge on any atom is -0.406 e. The first-order chi connectivity index (χ1) is 6.18. The Labute approximate surface area is 72.3 Å². The SMILES string of the molecule is O=C1[N]c2c(cccc2[N+](=O)[O-])O1. The lowest BCUT2D eigenvalue weighted by Crippen LogP contribution is -2.06. The summed E-state index contributed by atoms with van der Waals surface area (Å²) in [5.41, 5.74) is -0.221. The number of amides is 1. The monoisotopic (exact) mass is 179 g/mol. The summed E-state index contributed by atoms with van der Waals surface area (Å²) in [6.45, 7) is 0. The largest absolute Gasteiger partial charge is 0.440 e. The first kappa shape index (κ1) is 7.53. The van der Waals surface area contributed by atoms with Crippen LogP contribution in [0.25, 0.3) is 0 Å². The summed E-state index contributed by atoms with van der Waals surface area (Å²) in [6, 6.07) is 4.16. The Hall–Kier alpha value is -2.11. The van der Waals surface area contributed by atoms with Crippen LogP contribution in [0.1, 0.15) is 0 Å². The number of rotatable bonds is 1. The van der Waals surface area contributed by atoms with Crippen LogP contribution < -0.4 is 10.1 Å². The van der Waals surface area contributed by atoms with Gasteiger partial charge in [0.25, 0.3) is 5.69 Å². The molecular formula is C7H3N2O4. The molecule has 1 amide bonds. The third-order valence-electron chi connectivity index (χ3n) is 1.57. The van der Waals surface area contributed by atoms with Crippen molar-refractivity contribution in [2.75, 3.05) is 0 Å². The molecule has 1 radical (unpaired) electrons. The van der Waals surface area contributed by atoms with E-state index < -0.39 is 11.0 Å². The number of carbonyl (C=O) groups excluding carboxylic acids is 1. The van der Waals surface area contributed by atoms with E-state index in [1.807, 2.05) is 0 Å². The van der Waals surface area contributed by atoms with E-state index in [4.69, 9.17) is 0 Å². The summed E-state index contributed by atoms with van der Waals surface area (Å²) in [5, 5.41) is 13.8. The second-order valence-electron chi connectivity index (χ2n) is 2.36. The van der Waals surface area contributed by atoms with Gasteiger partial charge in [-0.15, -0.1) is 0 Å². The zero-order valence-electron chi connectivity index (χ0n) is 6.26. The summed E-state index contributed by atoms with van der Waals surface area (Å²) < 4.78 is 4.59. The number of hydrogen-bond donors (Lipinski definition) is 0. The van der Waals surface area contributed by atoms with E-state index in [2.05, 4.69) is 10.1 Å². The quantitative estimate of drug-likeness (QED) is 0.481. The molecule has 0 atom stereocenters. The first-order valence-electron chi connectivity index (χ1n) is 3.39. The lowest BCUT2D eigenvalue weighted by atomic mass is 10.2. The average molecular weight is 179 g/mol. The minimum absolute atomic E-state index is 0.00231. The van der Waals surface area contributed by atoms with Crippen LogP contribution in [-0.4, -0.2) is 11.0 Å². The lowest BCUT2D eigenvalue weighted by molar-refractivity contribution is -0.384. The van der Waals surface area contributed by atoms with Crippen molar-refractivity contribution >= 4 is 17.5 Å². The van der Waals surface area contributed by atoms with Crippen LogP contribution >= 0.6 is 0 Å². The van der Waals surface area contributed by atoms with Gasteiger partial charge in [-0.1, -0.05) is 6.07 Å². The van der Waals surface area contributed by atoms with Crippen LogP contribution in [0.5, 0.6) is 5.75 Å². The lowest BCUT2D eigenvalue weighted by Gasteiger charge is -1.94. The van der Waals surface area contributed by atoms with Gasteiger partial charge in [0, 0.05) is 6.07 Å². The maximum atomic E-state index is 10.7. The molecule has 0 bridgehead atoms. The standard InChI is InChI=1S/C7H3N2O4/c10-7-8-6-4(9(11)12)2-1-3-5(6)13-7/h1-3H. The van der Waals surface area contributed by atoms with E-state index in [9.17, 15) is 14.9 Å². The van der Waals surface area contributed by atoms with Gasteiger partial charge >= 0.3 is 6.09 Å². The molecule has 0 spiro atoms. The molecule has 0 aliphatic carbocycles. The van der Waals surface area contributed by atoms with E-state index in [1.165, 1.54) is 18.2 Å². The molecule has 0 aromatic heterocycles. The number of carbonyl (C=O) groups is 1. The van der Waals surface area contributed by atoms with Crippen LogP contribution in [0, 0.1) is 10.1 Å². The fraction of sp³-hybridized carbons (Fsp3) is 0. The van der Waals surface area contributed by atoms with Crippen molar-refractivity contribution in [3.8, 4) is 5.75 Å². The summed E-state index contributed by atoms with van der Waals surface area (Å²) >= 11 is 0. The number of nitrogens with zero attached hydrogens (tertiary/aromatic N) is 2. The van der Waals surface area contributed by atoms with Crippen LogP contribution in [0.4, 0.5) is 16.2 Å². The van der Waals surface area contributed by atoms with Crippen molar-refractivity contribution < 1.29 is 14.5 Å². The maximum absolute atomic E-state index is 10.7. The second-order valence-corrected chi connectivity index (χ2v) is 2.36. The van der Waals surface area contributed by atoms with Crippen LogP contribution in [-0.2, 0) is 0 Å². The summed E-state index contributed by atoms with van der Waals surface area (Å²) in [5.74, 6) is 0.138. The molecule has 1 aromatic rings. The van der Waals surface area contributed by atoms with Crippen molar-refractivity contribution in [2.24, 2.45) is 0 Å². The van der Waals surface area contributed by atoms with Gasteiger partial charge in [0.1, 0.15) is 0 Å². The molecule has 0 N–H and O–H groups in total. The van der Waals surface area contributed by atoms with E-state index in [1.54, 1.807) is 0 Å². The highest BCUT2D eigenvalue weighted by Crippen LogP contribution is 2.37. The summed E-state index contributed by atoms with van der Waals surface area (Å²) in [4.78, 5) is 20.5. The predicted molar refractivity (Wildman–Crippen MR) is 40.9 cm³/mol. The highest BCUT2D eigenvalue weighted by atomic mass is 16.6. The van der Waals surface area contributed by atoms with Crippen molar-refractivity contribution in [2.45, 2.75) is 0 Å². The molecule has 13 heavy (non-hydrogen) atoms. The van der Waals surface area contributed by atoms with Crippen LogP contribution in [0.3, 0.4) is 0 Å². The van der Waals surface area contributed by atoms with Crippen LogP contribution in [0.15, 0.2) is 18.2 Å². The second kappa shape index (κ2) is 2.44. The zero-order chi connectivity index (χ0) is 9.42. The molecular weight excluding hydrogens is 176 g/mol. The van der Waals surface area contributed by atoms with Crippen molar-refractivity contribution in [1.82, 2.24) is 5.32 Å². The minimum atomic E-state index is -0.815. The van der Waals surface area contributed by atoms with Gasteiger partial charge in [-0.25, -0.2) is 4.79 Å². The van der Waals surface area contributed by atoms with E-state index >= 15 is 0 Å². The third kappa shape index (κ3) is 1.08. The zero-order valence-corrected chi connectivity index (χ0v) is 6.26. The highest BCUT2D eigenvalue weighted by molar-refractivity contribution is 5.88. The number of ether oxygens (including phenoxy) is 1. The van der Waals surface area contributed by atoms with Gasteiger partial charge in [0.15, 0.2) is 11.4 Å². The third-order valence-corrected chi connectivity index (χ3v) is 1.57. The van der Waals surface area contributed by atoms with E-state index in [0.717, 1.165) is 0 Å². The number of hydrogen-bond acceptors (Lipinski definition) is 4. The fourth-order valence-corrected chi connectivity index (χ4v) is 1.06. The molecule has 0 fully saturated rings. The molecule has 0 unspecified atom stereocenters. The van der Waals surface area contributed by atoms with Gasteiger partial charge in [0.05, 0.1) is 4.92 Å². The molecule has 0 saturated heterocycles. The highest BCUT2D eigenvalue weighted by Gasteiger charge is 2.29. The van der Waals surface area contributed by atoms with Gasteiger partial charge in [-0.05, 0) is 6.07 Å². The van der Waals surface area contributed by atoms with Crippen molar-refractivity contribution in [3.05, 3.63) is 28.3 Å². The van der Waals surface area contributed by atoms with E-state index in [-0.39, 0.29) is 17.1 Å². The number of fused-ring (bicyclic) bond motifs is 1. The Kier molecular flexibility index (Phi) is 1.42. The predicted octanol–water partition coefficient (Wildman–Crippen LogP) is 1.34. The molecule has 1 aliphatic heterocycles. The Morgan fingerprint density at radius 1 is 1.46 bits per heavy atom. The first-order valence-corrected chi connectivity index (χ1v) is 3.39. The molecule has 65 valence electrons. The van der Waals surface area contributed by atoms with Gasteiger partial charge in [0.2, 0.25) is 0 Å². The molecule has 2 rings (SSSR count). The maximum Gasteiger partial charge on any atom is 0.440 e. The number of para-hydroxylation sites is 1. The number of nitro benzene ring substituents is 1. The topological polar surface area (TPSA) is 83.5 Å². The number of benzene rings is 1. The molecule has 1 heterocycles. The molecule has 6 nitrogen and oxygen atoms in total. The molecule has 1 aliphatic rings. The molecule has 6 heteroatoms. The normalized spacial score (nSPS) is 13.1. The summed E-state index contributed by atoms with van der Waals surface area (Å²) in [6.07, 6.45) is -0.815. The number of nitro groups is 1. The fourth-order valence-electron chi connectivity index (χ4n) is 1.06. The Bertz CT molecular complexity index is 401. The molecule has 1 aromatic carbocycles. The van der Waals surface area contributed by atoms with Gasteiger partial charge in [-0.3, -0.25) is 10.1 Å². The Morgan fingerprint density at radius 3 is 2.92 bits per heavy atom. The molecule has 0 saturated carbocycles. The van der Waals surface area contributed by atoms with Crippen molar-refractivity contribution in [3.63, 3.8) is 0 Å². The smallest absolute Gasteiger partial charge is 0.406 e. The average Bonchev–Trinajstić information content (AvgIpc) is 2.43. The Balaban J connectivity index is 2.57. The van der Waals surface area contributed by atoms with Gasteiger partial charge < -0.3 is 4.74 Å². The van der Waals surface area contributed by atoms with Crippen LogP contribution in [0.2, 0.25) is 0 Å². The Morgan fingerprint density at radius 2 is 2.23 bits per heavy atom.